The number of ether oxygens (including phenoxy) is 1. The number of benzene rings is 2. The molecule has 134 valence electrons. The lowest BCUT2D eigenvalue weighted by Gasteiger charge is -2.06. The Balaban J connectivity index is 1.61. The molecule has 6 heteroatoms. The molecule has 0 aliphatic heterocycles. The molecular weight excluding hydrogens is 342 g/mol. The average Bonchev–Trinajstić information content (AvgIpc) is 3.13. The highest BCUT2D eigenvalue weighted by atomic mass is 16.5. The van der Waals surface area contributed by atoms with Crippen LogP contribution >= 0.6 is 0 Å². The maximum Gasteiger partial charge on any atom is 0.356 e. The second-order valence-corrected chi connectivity index (χ2v) is 6.21. The van der Waals surface area contributed by atoms with Crippen molar-refractivity contribution in [1.82, 2.24) is 14.6 Å². The molecule has 2 aromatic carbocycles. The summed E-state index contributed by atoms with van der Waals surface area (Å²) in [4.78, 5) is 29.2. The number of carbonyl (C=O) groups is 1. The fourth-order valence-electron chi connectivity index (χ4n) is 2.85. The maximum absolute atomic E-state index is 12.4. The topological polar surface area (TPSA) is 76.5 Å². The Morgan fingerprint density at radius 1 is 1.07 bits per heavy atom. The number of fused-ring (bicyclic) bond motifs is 1. The lowest BCUT2D eigenvalue weighted by atomic mass is 10.1. The van der Waals surface area contributed by atoms with E-state index < -0.39 is 5.97 Å². The molecule has 2 aromatic heterocycles. The molecule has 0 spiro atoms. The standard InChI is InChI=1S/C21H17N3O3/c1-14-7-5-6-10-16(14)13-27-21(26)18-11-19-22-17(12-20(25)24(19)23-18)15-8-3-2-4-9-15/h2-12,23H,13H2,1H3. The number of carbonyl (C=O) groups excluding carboxylic acids is 1. The number of nitrogens with zero attached hydrogens (tertiary/aromatic N) is 2. The summed E-state index contributed by atoms with van der Waals surface area (Å²) < 4.78 is 6.60. The molecule has 0 fully saturated rings. The van der Waals surface area contributed by atoms with E-state index in [-0.39, 0.29) is 17.9 Å². The first-order chi connectivity index (χ1) is 13.1. The highest BCUT2D eigenvalue weighted by Crippen LogP contribution is 2.16. The van der Waals surface area contributed by atoms with Crippen LogP contribution in [0.25, 0.3) is 16.9 Å². The van der Waals surface area contributed by atoms with Crippen molar-refractivity contribution in [2.45, 2.75) is 13.5 Å². The zero-order chi connectivity index (χ0) is 18.8. The predicted molar refractivity (Wildman–Crippen MR) is 102 cm³/mol. The summed E-state index contributed by atoms with van der Waals surface area (Å²) in [6.07, 6.45) is 0. The number of aromatic nitrogens is 3. The summed E-state index contributed by atoms with van der Waals surface area (Å²) in [5.41, 5.74) is 3.62. The minimum atomic E-state index is -0.538. The number of hydrogen-bond donors (Lipinski definition) is 1. The van der Waals surface area contributed by atoms with Crippen LogP contribution in [0.15, 0.2) is 71.5 Å². The van der Waals surface area contributed by atoms with Crippen LogP contribution < -0.4 is 5.56 Å². The summed E-state index contributed by atoms with van der Waals surface area (Å²) in [6.45, 7) is 2.12. The summed E-state index contributed by atoms with van der Waals surface area (Å²) in [7, 11) is 0. The van der Waals surface area contributed by atoms with Gasteiger partial charge in [-0.2, -0.15) is 0 Å². The monoisotopic (exact) mass is 359 g/mol. The molecule has 0 aliphatic rings. The Kier molecular flexibility index (Phi) is 4.30. The van der Waals surface area contributed by atoms with Crippen molar-refractivity contribution in [2.24, 2.45) is 0 Å². The van der Waals surface area contributed by atoms with E-state index in [1.165, 1.54) is 16.6 Å². The van der Waals surface area contributed by atoms with Crippen molar-refractivity contribution in [3.63, 3.8) is 0 Å². The molecule has 0 saturated carbocycles. The SMILES string of the molecule is Cc1ccccc1COC(=O)c1cc2nc(-c3ccccc3)cc(=O)n2[nH]1. The van der Waals surface area contributed by atoms with Crippen LogP contribution in [0.1, 0.15) is 21.6 Å². The van der Waals surface area contributed by atoms with Crippen molar-refractivity contribution in [3.05, 3.63) is 93.9 Å². The van der Waals surface area contributed by atoms with E-state index in [1.807, 2.05) is 61.5 Å². The minimum absolute atomic E-state index is 0.165. The van der Waals surface area contributed by atoms with Crippen LogP contribution in [-0.2, 0) is 11.3 Å². The van der Waals surface area contributed by atoms with Gasteiger partial charge < -0.3 is 4.74 Å². The molecule has 4 aromatic rings. The largest absolute Gasteiger partial charge is 0.456 e. The quantitative estimate of drug-likeness (QED) is 0.567. The number of rotatable bonds is 4. The fraction of sp³-hybridized carbons (Fsp3) is 0.0952. The third-order valence-corrected chi connectivity index (χ3v) is 4.36. The van der Waals surface area contributed by atoms with Gasteiger partial charge in [0, 0.05) is 17.7 Å². The normalized spacial score (nSPS) is 10.9. The van der Waals surface area contributed by atoms with Gasteiger partial charge >= 0.3 is 5.97 Å². The molecule has 0 amide bonds. The highest BCUT2D eigenvalue weighted by molar-refractivity contribution is 5.88. The van der Waals surface area contributed by atoms with Gasteiger partial charge in [-0.3, -0.25) is 9.89 Å². The third-order valence-electron chi connectivity index (χ3n) is 4.36. The number of esters is 1. The van der Waals surface area contributed by atoms with Crippen LogP contribution in [0.3, 0.4) is 0 Å². The van der Waals surface area contributed by atoms with Gasteiger partial charge in [-0.05, 0) is 18.1 Å². The van der Waals surface area contributed by atoms with Crippen LogP contribution in [0.2, 0.25) is 0 Å². The number of aryl methyl sites for hydroxylation is 1. The molecule has 2 heterocycles. The molecule has 0 saturated heterocycles. The van der Waals surface area contributed by atoms with Crippen LogP contribution in [0, 0.1) is 6.92 Å². The summed E-state index contributed by atoms with van der Waals surface area (Å²) in [6, 6.07) is 20.1. The Morgan fingerprint density at radius 2 is 1.81 bits per heavy atom. The van der Waals surface area contributed by atoms with E-state index in [0.717, 1.165) is 16.7 Å². The Morgan fingerprint density at radius 3 is 2.59 bits per heavy atom. The van der Waals surface area contributed by atoms with Crippen LogP contribution in [-0.4, -0.2) is 20.6 Å². The molecule has 0 unspecified atom stereocenters. The highest BCUT2D eigenvalue weighted by Gasteiger charge is 2.14. The summed E-state index contributed by atoms with van der Waals surface area (Å²) in [5, 5.41) is 2.76. The van der Waals surface area contributed by atoms with Crippen LogP contribution in [0.5, 0.6) is 0 Å². The molecule has 6 nitrogen and oxygen atoms in total. The van der Waals surface area contributed by atoms with Crippen molar-refractivity contribution >= 4 is 11.6 Å². The lowest BCUT2D eigenvalue weighted by molar-refractivity contribution is 0.0464. The Labute approximate surface area is 155 Å². The van der Waals surface area contributed by atoms with Gasteiger partial charge in [0.15, 0.2) is 5.65 Å². The van der Waals surface area contributed by atoms with Gasteiger partial charge in [0.25, 0.3) is 5.56 Å². The molecule has 0 bridgehead atoms. The van der Waals surface area contributed by atoms with E-state index in [2.05, 4.69) is 10.1 Å². The molecule has 4 rings (SSSR count). The van der Waals surface area contributed by atoms with Crippen molar-refractivity contribution < 1.29 is 9.53 Å². The first-order valence-electron chi connectivity index (χ1n) is 8.52. The Hall–Kier alpha value is -3.67. The van der Waals surface area contributed by atoms with Gasteiger partial charge in [-0.15, -0.1) is 0 Å². The lowest BCUT2D eigenvalue weighted by Crippen LogP contribution is -2.15. The third kappa shape index (κ3) is 3.37. The van der Waals surface area contributed by atoms with Crippen molar-refractivity contribution in [3.8, 4) is 11.3 Å². The van der Waals surface area contributed by atoms with Gasteiger partial charge in [0.1, 0.15) is 12.3 Å². The first-order valence-corrected chi connectivity index (χ1v) is 8.52. The van der Waals surface area contributed by atoms with E-state index in [9.17, 15) is 9.59 Å². The molecule has 1 N–H and O–H groups in total. The maximum atomic E-state index is 12.4. The smallest absolute Gasteiger partial charge is 0.356 e. The van der Waals surface area contributed by atoms with Gasteiger partial charge in [0.2, 0.25) is 0 Å². The average molecular weight is 359 g/mol. The summed E-state index contributed by atoms with van der Waals surface area (Å²) >= 11 is 0. The van der Waals surface area contributed by atoms with Gasteiger partial charge in [0.05, 0.1) is 5.69 Å². The van der Waals surface area contributed by atoms with E-state index in [1.54, 1.807) is 0 Å². The molecular formula is C21H17N3O3. The van der Waals surface area contributed by atoms with Crippen molar-refractivity contribution in [2.75, 3.05) is 0 Å². The molecule has 27 heavy (non-hydrogen) atoms. The van der Waals surface area contributed by atoms with E-state index in [4.69, 9.17) is 4.74 Å². The zero-order valence-electron chi connectivity index (χ0n) is 14.7. The fourth-order valence-corrected chi connectivity index (χ4v) is 2.85. The molecule has 0 atom stereocenters. The number of H-pyrrole nitrogens is 1. The van der Waals surface area contributed by atoms with E-state index >= 15 is 0 Å². The minimum Gasteiger partial charge on any atom is -0.456 e. The second kappa shape index (κ2) is 6.92. The summed E-state index contributed by atoms with van der Waals surface area (Å²) in [5.74, 6) is -0.538. The van der Waals surface area contributed by atoms with Gasteiger partial charge in [-0.1, -0.05) is 54.6 Å². The van der Waals surface area contributed by atoms with E-state index in [0.29, 0.717) is 11.3 Å². The van der Waals surface area contributed by atoms with Crippen molar-refractivity contribution in [1.29, 1.82) is 0 Å². The van der Waals surface area contributed by atoms with Crippen LogP contribution in [0.4, 0.5) is 0 Å². The number of aromatic amines is 1. The number of nitrogens with one attached hydrogen (secondary N) is 1. The first kappa shape index (κ1) is 16.8. The Bertz CT molecular complexity index is 1180. The molecule has 0 aliphatic carbocycles. The molecule has 0 radical (unpaired) electrons. The zero-order valence-corrected chi connectivity index (χ0v) is 14.7. The second-order valence-electron chi connectivity index (χ2n) is 6.21. The predicted octanol–water partition coefficient (Wildman–Crippen LogP) is 3.36. The van der Waals surface area contributed by atoms with Gasteiger partial charge in [-0.25, -0.2) is 14.3 Å². The number of hydrogen-bond acceptors (Lipinski definition) is 4.